The highest BCUT2D eigenvalue weighted by Gasteiger charge is 2.13. The lowest BCUT2D eigenvalue weighted by atomic mass is 10.0. The van der Waals surface area contributed by atoms with Crippen LogP contribution < -0.4 is 0 Å². The van der Waals surface area contributed by atoms with Gasteiger partial charge in [0.25, 0.3) is 0 Å². The van der Waals surface area contributed by atoms with Crippen LogP contribution in [-0.4, -0.2) is 10.1 Å². The SMILES string of the molecule is Cc1ccc(CC(O)c2ncccc2Cl)cc1C. The monoisotopic (exact) mass is 261 g/mol. The average Bonchev–Trinajstić information content (AvgIpc) is 2.34. The number of aliphatic hydroxyl groups excluding tert-OH is 1. The number of aliphatic hydroxyl groups is 1. The van der Waals surface area contributed by atoms with Crippen molar-refractivity contribution in [2.45, 2.75) is 26.4 Å². The number of hydrogen-bond acceptors (Lipinski definition) is 2. The molecule has 1 aromatic heterocycles. The highest BCUT2D eigenvalue weighted by atomic mass is 35.5. The van der Waals surface area contributed by atoms with Gasteiger partial charge in [-0.1, -0.05) is 29.8 Å². The van der Waals surface area contributed by atoms with Crippen molar-refractivity contribution in [3.8, 4) is 0 Å². The molecular weight excluding hydrogens is 246 g/mol. The predicted octanol–water partition coefficient (Wildman–Crippen LogP) is 3.63. The Morgan fingerprint density at radius 1 is 1.22 bits per heavy atom. The van der Waals surface area contributed by atoms with Crippen LogP contribution in [0.3, 0.4) is 0 Å². The topological polar surface area (TPSA) is 33.1 Å². The van der Waals surface area contributed by atoms with Gasteiger partial charge in [0.2, 0.25) is 0 Å². The van der Waals surface area contributed by atoms with Gasteiger partial charge in [-0.2, -0.15) is 0 Å². The van der Waals surface area contributed by atoms with E-state index >= 15 is 0 Å². The molecule has 0 aliphatic carbocycles. The lowest BCUT2D eigenvalue weighted by Gasteiger charge is -2.12. The van der Waals surface area contributed by atoms with Crippen LogP contribution in [-0.2, 0) is 6.42 Å². The zero-order valence-corrected chi connectivity index (χ0v) is 11.3. The lowest BCUT2D eigenvalue weighted by Crippen LogP contribution is -2.05. The molecule has 3 heteroatoms. The highest BCUT2D eigenvalue weighted by Crippen LogP contribution is 2.24. The third-order valence-electron chi connectivity index (χ3n) is 3.10. The van der Waals surface area contributed by atoms with Gasteiger partial charge in [-0.3, -0.25) is 4.98 Å². The molecule has 18 heavy (non-hydrogen) atoms. The minimum absolute atomic E-state index is 0.508. The molecule has 0 amide bonds. The number of nitrogens with zero attached hydrogens (tertiary/aromatic N) is 1. The van der Waals surface area contributed by atoms with Crippen LogP contribution in [0.5, 0.6) is 0 Å². The van der Waals surface area contributed by atoms with Crippen LogP contribution >= 0.6 is 11.6 Å². The quantitative estimate of drug-likeness (QED) is 0.915. The number of aryl methyl sites for hydroxylation is 2. The summed E-state index contributed by atoms with van der Waals surface area (Å²) < 4.78 is 0. The van der Waals surface area contributed by atoms with Gasteiger partial charge in [-0.05, 0) is 42.7 Å². The summed E-state index contributed by atoms with van der Waals surface area (Å²) in [5.41, 5.74) is 4.11. The summed E-state index contributed by atoms with van der Waals surface area (Å²) in [5.74, 6) is 0. The van der Waals surface area contributed by atoms with E-state index in [1.54, 1.807) is 18.3 Å². The van der Waals surface area contributed by atoms with Crippen molar-refractivity contribution >= 4 is 11.6 Å². The third-order valence-corrected chi connectivity index (χ3v) is 3.42. The maximum atomic E-state index is 10.2. The Bertz CT molecular complexity index is 554. The molecule has 0 spiro atoms. The maximum Gasteiger partial charge on any atom is 0.101 e. The smallest absolute Gasteiger partial charge is 0.101 e. The summed E-state index contributed by atoms with van der Waals surface area (Å²) >= 11 is 6.02. The fraction of sp³-hybridized carbons (Fsp3) is 0.267. The molecule has 0 saturated carbocycles. The van der Waals surface area contributed by atoms with Gasteiger partial charge in [0.15, 0.2) is 0 Å². The molecule has 94 valence electrons. The van der Waals surface area contributed by atoms with Gasteiger partial charge >= 0.3 is 0 Å². The van der Waals surface area contributed by atoms with Gasteiger partial charge in [-0.25, -0.2) is 0 Å². The van der Waals surface area contributed by atoms with Crippen LogP contribution in [0.4, 0.5) is 0 Å². The first-order valence-electron chi connectivity index (χ1n) is 5.92. The van der Waals surface area contributed by atoms with Crippen LogP contribution in [0, 0.1) is 13.8 Å². The fourth-order valence-electron chi connectivity index (χ4n) is 1.89. The fourth-order valence-corrected chi connectivity index (χ4v) is 2.14. The van der Waals surface area contributed by atoms with Gasteiger partial charge in [0, 0.05) is 12.6 Å². The van der Waals surface area contributed by atoms with Crippen molar-refractivity contribution < 1.29 is 5.11 Å². The molecular formula is C15H16ClNO. The van der Waals surface area contributed by atoms with E-state index in [0.717, 1.165) is 5.56 Å². The Hall–Kier alpha value is -1.38. The van der Waals surface area contributed by atoms with Gasteiger partial charge in [0.1, 0.15) is 6.10 Å². The average molecular weight is 262 g/mol. The van der Waals surface area contributed by atoms with Crippen LogP contribution in [0.1, 0.15) is 28.5 Å². The maximum absolute atomic E-state index is 10.2. The molecule has 1 heterocycles. The second-order valence-corrected chi connectivity index (χ2v) is 4.92. The summed E-state index contributed by atoms with van der Waals surface area (Å²) in [4.78, 5) is 4.13. The van der Waals surface area contributed by atoms with Crippen molar-refractivity contribution in [1.82, 2.24) is 4.98 Å². The number of rotatable bonds is 3. The largest absolute Gasteiger partial charge is 0.386 e. The molecule has 0 radical (unpaired) electrons. The Balaban J connectivity index is 2.19. The Morgan fingerprint density at radius 3 is 2.67 bits per heavy atom. The van der Waals surface area contributed by atoms with Crippen molar-refractivity contribution in [1.29, 1.82) is 0 Å². The molecule has 1 atom stereocenters. The van der Waals surface area contributed by atoms with Gasteiger partial charge in [0.05, 0.1) is 10.7 Å². The molecule has 2 rings (SSSR count). The van der Waals surface area contributed by atoms with E-state index in [-0.39, 0.29) is 0 Å². The van der Waals surface area contributed by atoms with Crippen molar-refractivity contribution in [3.05, 3.63) is 63.9 Å². The van der Waals surface area contributed by atoms with Crippen molar-refractivity contribution in [3.63, 3.8) is 0 Å². The predicted molar refractivity (Wildman–Crippen MR) is 73.8 cm³/mol. The molecule has 0 fully saturated rings. The van der Waals surface area contributed by atoms with E-state index < -0.39 is 6.10 Å². The molecule has 1 unspecified atom stereocenters. The number of benzene rings is 1. The Labute approximate surface area is 112 Å². The first-order valence-corrected chi connectivity index (χ1v) is 6.30. The molecule has 0 aliphatic rings. The lowest BCUT2D eigenvalue weighted by molar-refractivity contribution is 0.173. The summed E-state index contributed by atoms with van der Waals surface area (Å²) in [7, 11) is 0. The van der Waals surface area contributed by atoms with Crippen LogP contribution in [0.15, 0.2) is 36.5 Å². The molecule has 2 nitrogen and oxygen atoms in total. The zero-order chi connectivity index (χ0) is 13.1. The number of halogens is 1. The van der Waals surface area contributed by atoms with Gasteiger partial charge < -0.3 is 5.11 Å². The van der Waals surface area contributed by atoms with E-state index in [9.17, 15) is 5.11 Å². The van der Waals surface area contributed by atoms with Crippen LogP contribution in [0.25, 0.3) is 0 Å². The zero-order valence-electron chi connectivity index (χ0n) is 10.5. The highest BCUT2D eigenvalue weighted by molar-refractivity contribution is 6.31. The molecule has 1 N–H and O–H groups in total. The van der Waals surface area contributed by atoms with E-state index in [2.05, 4.69) is 31.0 Å². The summed E-state index contributed by atoms with van der Waals surface area (Å²) in [6, 6.07) is 9.69. The second kappa shape index (κ2) is 5.51. The minimum atomic E-state index is -0.666. The summed E-state index contributed by atoms with van der Waals surface area (Å²) in [6.07, 6.45) is 1.50. The molecule has 0 bridgehead atoms. The molecule has 0 saturated heterocycles. The Kier molecular flexibility index (Phi) is 4.00. The van der Waals surface area contributed by atoms with Gasteiger partial charge in [-0.15, -0.1) is 0 Å². The number of hydrogen-bond donors (Lipinski definition) is 1. The molecule has 0 aliphatic heterocycles. The summed E-state index contributed by atoms with van der Waals surface area (Å²) in [6.45, 7) is 4.14. The number of aromatic nitrogens is 1. The number of pyridine rings is 1. The molecule has 2 aromatic rings. The minimum Gasteiger partial charge on any atom is -0.386 e. The van der Waals surface area contributed by atoms with E-state index in [1.807, 2.05) is 6.07 Å². The van der Waals surface area contributed by atoms with Crippen molar-refractivity contribution in [2.24, 2.45) is 0 Å². The van der Waals surface area contributed by atoms with Crippen LogP contribution in [0.2, 0.25) is 5.02 Å². The Morgan fingerprint density at radius 2 is 2.00 bits per heavy atom. The summed E-state index contributed by atoms with van der Waals surface area (Å²) in [5, 5.41) is 10.7. The normalized spacial score (nSPS) is 12.4. The first kappa shape index (κ1) is 13.1. The third kappa shape index (κ3) is 2.89. The first-order chi connectivity index (χ1) is 8.58. The van der Waals surface area contributed by atoms with Crippen molar-refractivity contribution in [2.75, 3.05) is 0 Å². The van der Waals surface area contributed by atoms with E-state index in [0.29, 0.717) is 17.1 Å². The molecule has 1 aromatic carbocycles. The van der Waals surface area contributed by atoms with E-state index in [1.165, 1.54) is 11.1 Å². The van der Waals surface area contributed by atoms with E-state index in [4.69, 9.17) is 11.6 Å². The standard InChI is InChI=1S/C15H16ClNO/c1-10-5-6-12(8-11(10)2)9-14(18)15-13(16)4-3-7-17-15/h3-8,14,18H,9H2,1-2H3. The second-order valence-electron chi connectivity index (χ2n) is 4.51.